The Morgan fingerprint density at radius 2 is 2.38 bits per heavy atom. The van der Waals surface area contributed by atoms with E-state index in [9.17, 15) is 4.79 Å². The molecular weight excluding hydrogens is 210 g/mol. The third kappa shape index (κ3) is 2.66. The third-order valence-electron chi connectivity index (χ3n) is 2.30. The maximum atomic E-state index is 11.2. The summed E-state index contributed by atoms with van der Waals surface area (Å²) in [6, 6.07) is 1.58. The van der Waals surface area contributed by atoms with Crippen LogP contribution in [0.15, 0.2) is 12.3 Å². The highest BCUT2D eigenvalue weighted by atomic mass is 16.5. The highest BCUT2D eigenvalue weighted by Gasteiger charge is 2.14. The van der Waals surface area contributed by atoms with Crippen molar-refractivity contribution in [3.63, 3.8) is 0 Å². The summed E-state index contributed by atoms with van der Waals surface area (Å²) in [7, 11) is 3.06. The van der Waals surface area contributed by atoms with E-state index in [0.29, 0.717) is 5.82 Å². The number of hydrogen-bond acceptors (Lipinski definition) is 6. The summed E-state index contributed by atoms with van der Waals surface area (Å²) in [6.07, 6.45) is 1.48. The third-order valence-corrected chi connectivity index (χ3v) is 2.30. The molecule has 1 N–H and O–H groups in total. The van der Waals surface area contributed by atoms with Gasteiger partial charge in [0, 0.05) is 13.2 Å². The quantitative estimate of drug-likeness (QED) is 0.731. The molecule has 0 spiro atoms. The fraction of sp³-hybridized carbons (Fsp3) is 0.500. The first-order valence-corrected chi connectivity index (χ1v) is 4.85. The number of anilines is 1. The van der Waals surface area contributed by atoms with E-state index in [1.807, 2.05) is 6.92 Å². The molecule has 0 aliphatic carbocycles. The first-order valence-electron chi connectivity index (χ1n) is 4.85. The molecular formula is C10H15N3O3. The van der Waals surface area contributed by atoms with Crippen LogP contribution >= 0.6 is 0 Å². The molecule has 1 heterocycles. The van der Waals surface area contributed by atoms with Crippen molar-refractivity contribution < 1.29 is 14.6 Å². The molecule has 0 saturated carbocycles. The first kappa shape index (κ1) is 12.4. The molecule has 16 heavy (non-hydrogen) atoms. The number of ether oxygens (including phenoxy) is 1. The summed E-state index contributed by atoms with van der Waals surface area (Å²) in [5, 5.41) is 9.01. The van der Waals surface area contributed by atoms with Crippen LogP contribution in [-0.2, 0) is 4.74 Å². The standard InChI is InChI=1S/C10H15N3O3/c1-7(6-14)13(2)8-4-5-11-9(12-8)10(15)16-3/h4-5,7,14H,6H2,1-3H3. The number of carbonyl (C=O) groups is 1. The van der Waals surface area contributed by atoms with Crippen LogP contribution in [0.1, 0.15) is 17.5 Å². The fourth-order valence-electron chi connectivity index (χ4n) is 1.08. The lowest BCUT2D eigenvalue weighted by atomic mass is 10.3. The van der Waals surface area contributed by atoms with Gasteiger partial charge in [0.15, 0.2) is 0 Å². The Morgan fingerprint density at radius 1 is 1.69 bits per heavy atom. The molecule has 0 aliphatic heterocycles. The number of esters is 1. The lowest BCUT2D eigenvalue weighted by Crippen LogP contribution is -2.32. The number of rotatable bonds is 4. The first-order chi connectivity index (χ1) is 7.60. The second-order valence-corrected chi connectivity index (χ2v) is 3.37. The van der Waals surface area contributed by atoms with Gasteiger partial charge >= 0.3 is 5.97 Å². The Balaban J connectivity index is 2.94. The molecule has 0 saturated heterocycles. The maximum Gasteiger partial charge on any atom is 0.376 e. The molecule has 88 valence electrons. The SMILES string of the molecule is COC(=O)c1nccc(N(C)C(C)CO)n1. The number of likely N-dealkylation sites (N-methyl/N-ethyl adjacent to an activating group) is 1. The van der Waals surface area contributed by atoms with E-state index in [1.54, 1.807) is 18.0 Å². The normalized spacial score (nSPS) is 12.0. The van der Waals surface area contributed by atoms with Crippen LogP contribution in [0.2, 0.25) is 0 Å². The van der Waals surface area contributed by atoms with Crippen LogP contribution in [0.4, 0.5) is 5.82 Å². The summed E-state index contributed by atoms with van der Waals surface area (Å²) in [5.74, 6) is 0.000779. The highest BCUT2D eigenvalue weighted by molar-refractivity contribution is 5.85. The van der Waals surface area contributed by atoms with Gasteiger partial charge in [0.2, 0.25) is 5.82 Å². The molecule has 0 radical (unpaired) electrons. The maximum absolute atomic E-state index is 11.2. The fourth-order valence-corrected chi connectivity index (χ4v) is 1.08. The Bertz CT molecular complexity index is 370. The predicted molar refractivity (Wildman–Crippen MR) is 58.3 cm³/mol. The van der Waals surface area contributed by atoms with Crippen LogP contribution in [0.5, 0.6) is 0 Å². The molecule has 1 aromatic rings. The molecule has 6 heteroatoms. The number of aromatic nitrogens is 2. The molecule has 1 atom stereocenters. The zero-order chi connectivity index (χ0) is 12.1. The minimum atomic E-state index is -0.577. The zero-order valence-electron chi connectivity index (χ0n) is 9.54. The van der Waals surface area contributed by atoms with E-state index in [2.05, 4.69) is 14.7 Å². The van der Waals surface area contributed by atoms with Gasteiger partial charge in [-0.1, -0.05) is 0 Å². The lowest BCUT2D eigenvalue weighted by Gasteiger charge is -2.23. The minimum Gasteiger partial charge on any atom is -0.463 e. The smallest absolute Gasteiger partial charge is 0.376 e. The largest absolute Gasteiger partial charge is 0.463 e. The molecule has 0 aromatic carbocycles. The van der Waals surface area contributed by atoms with Gasteiger partial charge in [-0.15, -0.1) is 0 Å². The zero-order valence-corrected chi connectivity index (χ0v) is 9.54. The molecule has 1 rings (SSSR count). The van der Waals surface area contributed by atoms with Gasteiger partial charge in [0.1, 0.15) is 5.82 Å². The van der Waals surface area contributed by atoms with E-state index in [0.717, 1.165) is 0 Å². The van der Waals surface area contributed by atoms with Crippen LogP contribution in [0.3, 0.4) is 0 Å². The number of nitrogens with zero attached hydrogens (tertiary/aromatic N) is 3. The van der Waals surface area contributed by atoms with Gasteiger partial charge in [-0.2, -0.15) is 0 Å². The molecule has 0 bridgehead atoms. The summed E-state index contributed by atoms with van der Waals surface area (Å²) in [5.41, 5.74) is 0. The monoisotopic (exact) mass is 225 g/mol. The van der Waals surface area contributed by atoms with Crippen LogP contribution in [0, 0.1) is 0 Å². The number of aliphatic hydroxyl groups is 1. The van der Waals surface area contributed by atoms with Crippen molar-refractivity contribution in [2.45, 2.75) is 13.0 Å². The van der Waals surface area contributed by atoms with E-state index < -0.39 is 5.97 Å². The van der Waals surface area contributed by atoms with Gasteiger partial charge in [0.25, 0.3) is 0 Å². The second kappa shape index (κ2) is 5.41. The van der Waals surface area contributed by atoms with Crippen LogP contribution < -0.4 is 4.90 Å². The van der Waals surface area contributed by atoms with Gasteiger partial charge < -0.3 is 14.7 Å². The summed E-state index contributed by atoms with van der Waals surface area (Å²) >= 11 is 0. The van der Waals surface area contributed by atoms with Gasteiger partial charge in [0.05, 0.1) is 19.8 Å². The van der Waals surface area contributed by atoms with E-state index in [-0.39, 0.29) is 18.5 Å². The van der Waals surface area contributed by atoms with Crippen molar-refractivity contribution >= 4 is 11.8 Å². The molecule has 0 aliphatic rings. The van der Waals surface area contributed by atoms with Gasteiger partial charge in [-0.25, -0.2) is 14.8 Å². The Labute approximate surface area is 93.9 Å². The second-order valence-electron chi connectivity index (χ2n) is 3.37. The van der Waals surface area contributed by atoms with Crippen molar-refractivity contribution in [3.8, 4) is 0 Å². The number of aliphatic hydroxyl groups excluding tert-OH is 1. The van der Waals surface area contributed by atoms with Crippen molar-refractivity contribution in [2.75, 3.05) is 25.7 Å². The molecule has 1 unspecified atom stereocenters. The number of methoxy groups -OCH3 is 1. The Morgan fingerprint density at radius 3 is 2.94 bits per heavy atom. The number of hydrogen-bond donors (Lipinski definition) is 1. The van der Waals surface area contributed by atoms with E-state index in [4.69, 9.17) is 5.11 Å². The van der Waals surface area contributed by atoms with Crippen molar-refractivity contribution in [1.82, 2.24) is 9.97 Å². The highest BCUT2D eigenvalue weighted by Crippen LogP contribution is 2.11. The average molecular weight is 225 g/mol. The molecule has 0 amide bonds. The Kier molecular flexibility index (Phi) is 4.19. The summed E-state index contributed by atoms with van der Waals surface area (Å²) in [6.45, 7) is 1.86. The molecule has 6 nitrogen and oxygen atoms in total. The van der Waals surface area contributed by atoms with Crippen molar-refractivity contribution in [3.05, 3.63) is 18.1 Å². The van der Waals surface area contributed by atoms with Crippen molar-refractivity contribution in [2.24, 2.45) is 0 Å². The average Bonchev–Trinajstić information content (AvgIpc) is 2.36. The van der Waals surface area contributed by atoms with Crippen molar-refractivity contribution in [1.29, 1.82) is 0 Å². The lowest BCUT2D eigenvalue weighted by molar-refractivity contribution is 0.0587. The van der Waals surface area contributed by atoms with Crippen LogP contribution in [-0.4, -0.2) is 47.8 Å². The van der Waals surface area contributed by atoms with E-state index in [1.165, 1.54) is 13.3 Å². The molecule has 1 aromatic heterocycles. The number of carbonyl (C=O) groups excluding carboxylic acids is 1. The Hall–Kier alpha value is -1.69. The minimum absolute atomic E-state index is 0.00800. The van der Waals surface area contributed by atoms with Gasteiger partial charge in [-0.3, -0.25) is 0 Å². The summed E-state index contributed by atoms with van der Waals surface area (Å²) in [4.78, 5) is 20.8. The van der Waals surface area contributed by atoms with Crippen LogP contribution in [0.25, 0.3) is 0 Å². The topological polar surface area (TPSA) is 75.5 Å². The predicted octanol–water partition coefficient (Wildman–Crippen LogP) is 0.0802. The van der Waals surface area contributed by atoms with E-state index >= 15 is 0 Å². The summed E-state index contributed by atoms with van der Waals surface area (Å²) < 4.78 is 4.53. The molecule has 0 fully saturated rings. The van der Waals surface area contributed by atoms with Gasteiger partial charge in [-0.05, 0) is 13.0 Å².